The van der Waals surface area contributed by atoms with Crippen LogP contribution < -0.4 is 16.8 Å². The van der Waals surface area contributed by atoms with Crippen LogP contribution in [0.1, 0.15) is 0 Å². The van der Waals surface area contributed by atoms with Gasteiger partial charge < -0.3 is 0 Å². The minimum Gasteiger partial charge on any atom is -0.258 e. The molecule has 6 heteroatoms. The number of benzene rings is 1. The molecule has 0 spiro atoms. The zero-order chi connectivity index (χ0) is 9.14. The molecule has 0 aliphatic rings. The minimum absolute atomic E-state index is 0.109. The van der Waals surface area contributed by atoms with Gasteiger partial charge in [-0.3, -0.25) is 10.1 Å². The molecule has 0 atom stereocenters. The third kappa shape index (κ3) is 1.49. The molecule has 1 aromatic carbocycles. The molecule has 0 unspecified atom stereocenters. The molecule has 0 aliphatic carbocycles. The van der Waals surface area contributed by atoms with Crippen molar-refractivity contribution in [1.29, 1.82) is 0 Å². The molecule has 6 nitrogen and oxygen atoms in total. The lowest BCUT2D eigenvalue weighted by molar-refractivity contribution is -0.384. The van der Waals surface area contributed by atoms with Gasteiger partial charge in [-0.1, -0.05) is 12.1 Å². The van der Waals surface area contributed by atoms with Gasteiger partial charge in [-0.05, 0) is 6.07 Å². The van der Waals surface area contributed by atoms with E-state index in [9.17, 15) is 10.1 Å². The van der Waals surface area contributed by atoms with E-state index in [1.54, 1.807) is 12.1 Å². The molecule has 4 N–H and O–H groups in total. The lowest BCUT2D eigenvalue weighted by atomic mass is 10.3. The van der Waals surface area contributed by atoms with Crippen molar-refractivity contribution in [3.8, 4) is 0 Å². The number of anilines is 1. The number of para-hydroxylation sites is 2. The molecular formula is C6H8N4O2. The molecule has 0 radical (unpaired) electrons. The largest absolute Gasteiger partial charge is 0.295 e. The first kappa shape index (κ1) is 8.44. The topological polar surface area (TPSA) is 98.4 Å². The highest BCUT2D eigenvalue weighted by molar-refractivity contribution is 5.61. The van der Waals surface area contributed by atoms with E-state index in [4.69, 9.17) is 11.7 Å². The maximum Gasteiger partial charge on any atom is 0.295 e. The molecule has 12 heavy (non-hydrogen) atoms. The predicted octanol–water partition coefficient (Wildman–Crippen LogP) is 0.149. The van der Waals surface area contributed by atoms with Gasteiger partial charge >= 0.3 is 0 Å². The fourth-order valence-electron chi connectivity index (χ4n) is 0.837. The van der Waals surface area contributed by atoms with Crippen molar-refractivity contribution in [3.05, 3.63) is 34.4 Å². The SMILES string of the molecule is NN(N)c1ccccc1[N+](=O)[O-]. The summed E-state index contributed by atoms with van der Waals surface area (Å²) in [4.78, 5) is 9.85. The Bertz CT molecular complexity index is 299. The highest BCUT2D eigenvalue weighted by Crippen LogP contribution is 2.23. The van der Waals surface area contributed by atoms with E-state index < -0.39 is 4.92 Å². The van der Waals surface area contributed by atoms with Crippen LogP contribution in [0.15, 0.2) is 24.3 Å². The average molecular weight is 168 g/mol. The van der Waals surface area contributed by atoms with E-state index in [-0.39, 0.29) is 11.4 Å². The third-order valence-electron chi connectivity index (χ3n) is 1.36. The maximum absolute atomic E-state index is 10.4. The van der Waals surface area contributed by atoms with Crippen LogP contribution in [0.2, 0.25) is 0 Å². The molecule has 0 aliphatic heterocycles. The summed E-state index contributed by atoms with van der Waals surface area (Å²) in [6.45, 7) is 0. The zero-order valence-electron chi connectivity index (χ0n) is 6.18. The number of hydrazine groups is 2. The van der Waals surface area contributed by atoms with Gasteiger partial charge in [-0.25, -0.2) is 16.8 Å². The lowest BCUT2D eigenvalue weighted by Crippen LogP contribution is -2.38. The summed E-state index contributed by atoms with van der Waals surface area (Å²) in [5.41, 5.74) is 0.0741. The smallest absolute Gasteiger partial charge is 0.258 e. The van der Waals surface area contributed by atoms with E-state index in [2.05, 4.69) is 0 Å². The Balaban J connectivity index is 3.17. The van der Waals surface area contributed by atoms with Crippen molar-refractivity contribution < 1.29 is 4.92 Å². The number of nitro benzene ring substituents is 1. The zero-order valence-corrected chi connectivity index (χ0v) is 6.18. The van der Waals surface area contributed by atoms with Crippen molar-refractivity contribution in [2.45, 2.75) is 0 Å². The Labute approximate surface area is 68.5 Å². The highest BCUT2D eigenvalue weighted by Gasteiger charge is 2.13. The van der Waals surface area contributed by atoms with Crippen LogP contribution in [0.5, 0.6) is 0 Å². The van der Waals surface area contributed by atoms with Gasteiger partial charge in [0.05, 0.1) is 4.92 Å². The third-order valence-corrected chi connectivity index (χ3v) is 1.36. The first-order chi connectivity index (χ1) is 5.63. The van der Waals surface area contributed by atoms with Gasteiger partial charge in [0.25, 0.3) is 5.69 Å². The second-order valence-electron chi connectivity index (χ2n) is 2.15. The molecule has 0 fully saturated rings. The van der Waals surface area contributed by atoms with Gasteiger partial charge in [0.1, 0.15) is 5.69 Å². The number of hydrogen-bond acceptors (Lipinski definition) is 5. The summed E-state index contributed by atoms with van der Waals surface area (Å²) >= 11 is 0. The molecule has 1 aromatic rings. The van der Waals surface area contributed by atoms with Crippen LogP contribution in [0.4, 0.5) is 11.4 Å². The normalized spacial score (nSPS) is 9.50. The van der Waals surface area contributed by atoms with Crippen molar-refractivity contribution in [3.63, 3.8) is 0 Å². The van der Waals surface area contributed by atoms with E-state index in [1.807, 2.05) is 0 Å². The van der Waals surface area contributed by atoms with Crippen molar-refractivity contribution in [1.82, 2.24) is 0 Å². The van der Waals surface area contributed by atoms with Crippen LogP contribution in [0.3, 0.4) is 0 Å². The summed E-state index contributed by atoms with van der Waals surface area (Å²) in [7, 11) is 0. The molecule has 0 amide bonds. The maximum atomic E-state index is 10.4. The van der Waals surface area contributed by atoms with E-state index in [1.165, 1.54) is 12.1 Å². The Morgan fingerprint density at radius 2 is 1.92 bits per heavy atom. The second kappa shape index (κ2) is 3.16. The fourth-order valence-corrected chi connectivity index (χ4v) is 0.837. The number of rotatable bonds is 2. The van der Waals surface area contributed by atoms with Crippen molar-refractivity contribution in [2.24, 2.45) is 11.7 Å². The predicted molar refractivity (Wildman–Crippen MR) is 44.0 cm³/mol. The van der Waals surface area contributed by atoms with Crippen LogP contribution in [0, 0.1) is 10.1 Å². The summed E-state index contributed by atoms with van der Waals surface area (Å²) in [6, 6.07) is 5.97. The summed E-state index contributed by atoms with van der Waals surface area (Å²) in [5, 5.41) is 11.1. The molecule has 64 valence electrons. The highest BCUT2D eigenvalue weighted by atomic mass is 16.6. The van der Waals surface area contributed by atoms with Gasteiger partial charge in [0, 0.05) is 6.07 Å². The Hall–Kier alpha value is -1.66. The molecule has 0 aromatic heterocycles. The van der Waals surface area contributed by atoms with Crippen molar-refractivity contribution >= 4 is 11.4 Å². The van der Waals surface area contributed by atoms with Crippen LogP contribution >= 0.6 is 0 Å². The standard InChI is InChI=1S/C6H8N4O2/c7-9(8)5-3-1-2-4-6(5)10(11)12/h1-4H,7-8H2. The molecule has 0 heterocycles. The second-order valence-corrected chi connectivity index (χ2v) is 2.15. The monoisotopic (exact) mass is 168 g/mol. The fraction of sp³-hybridized carbons (Fsp3) is 0. The van der Waals surface area contributed by atoms with Crippen LogP contribution in [-0.4, -0.2) is 4.92 Å². The van der Waals surface area contributed by atoms with E-state index in [0.29, 0.717) is 0 Å². The average Bonchev–Trinajstić information content (AvgIpc) is 2.04. The van der Waals surface area contributed by atoms with Gasteiger partial charge in [-0.15, -0.1) is 0 Å². The summed E-state index contributed by atoms with van der Waals surface area (Å²) in [6.07, 6.45) is 0. The molecular weight excluding hydrogens is 160 g/mol. The Morgan fingerprint density at radius 3 is 2.33 bits per heavy atom. The first-order valence-corrected chi connectivity index (χ1v) is 3.16. The minimum atomic E-state index is -0.540. The Morgan fingerprint density at radius 1 is 1.33 bits per heavy atom. The molecule has 0 saturated carbocycles. The molecule has 1 rings (SSSR count). The molecule has 0 saturated heterocycles. The number of nitrogens with two attached hydrogens (primary N) is 2. The van der Waals surface area contributed by atoms with Gasteiger partial charge in [0.15, 0.2) is 0 Å². The first-order valence-electron chi connectivity index (χ1n) is 3.16. The van der Waals surface area contributed by atoms with Gasteiger partial charge in [0.2, 0.25) is 0 Å². The Kier molecular flexibility index (Phi) is 2.22. The van der Waals surface area contributed by atoms with Crippen LogP contribution in [-0.2, 0) is 0 Å². The van der Waals surface area contributed by atoms with Crippen molar-refractivity contribution in [2.75, 3.05) is 5.12 Å². The lowest BCUT2D eigenvalue weighted by Gasteiger charge is -2.10. The number of nitrogens with zero attached hydrogens (tertiary/aromatic N) is 2. The number of nitro groups is 1. The van der Waals surface area contributed by atoms with E-state index in [0.717, 1.165) is 5.12 Å². The molecule has 0 bridgehead atoms. The summed E-state index contributed by atoms with van der Waals surface area (Å²) in [5.74, 6) is 10.3. The van der Waals surface area contributed by atoms with E-state index >= 15 is 0 Å². The van der Waals surface area contributed by atoms with Gasteiger partial charge in [-0.2, -0.15) is 0 Å². The van der Waals surface area contributed by atoms with Crippen LogP contribution in [0.25, 0.3) is 0 Å². The number of hydrogen-bond donors (Lipinski definition) is 2. The quantitative estimate of drug-likeness (QED) is 0.372. The summed E-state index contributed by atoms with van der Waals surface area (Å²) < 4.78 is 0.